The number of carbonyl (C=O) groups excluding carboxylic acids is 6. The minimum absolute atomic E-state index is 0.0874. The third-order valence-electron chi connectivity index (χ3n) is 4.02. The van der Waals surface area contributed by atoms with E-state index in [9.17, 15) is 33.9 Å². The van der Waals surface area contributed by atoms with Crippen molar-refractivity contribution in [3.05, 3.63) is 30.0 Å². The number of rotatable bonds is 12. The van der Waals surface area contributed by atoms with Crippen molar-refractivity contribution in [3.8, 4) is 0 Å². The van der Waals surface area contributed by atoms with Crippen LogP contribution in [0.1, 0.15) is 33.6 Å². The summed E-state index contributed by atoms with van der Waals surface area (Å²) in [5.74, 6) is -7.37. The first-order chi connectivity index (χ1) is 14.1. The maximum Gasteiger partial charge on any atom is 0.375 e. The van der Waals surface area contributed by atoms with E-state index in [2.05, 4.69) is 20.9 Å². The van der Waals surface area contributed by atoms with E-state index in [1.807, 2.05) is 0 Å². The fourth-order valence-electron chi connectivity index (χ4n) is 2.67. The van der Waals surface area contributed by atoms with Crippen LogP contribution in [0.25, 0.3) is 0 Å². The topological polar surface area (TPSA) is 153 Å². The largest absolute Gasteiger partial charge is 0.508 e. The molecule has 0 saturated carbocycles. The van der Waals surface area contributed by atoms with Gasteiger partial charge in [-0.3, -0.25) is 19.2 Å². The van der Waals surface area contributed by atoms with Gasteiger partial charge in [0.25, 0.3) is 0 Å². The minimum atomic E-state index is -2.23. The van der Waals surface area contributed by atoms with Gasteiger partial charge in [0.15, 0.2) is 11.6 Å². The first-order valence-corrected chi connectivity index (χ1v) is 9.23. The van der Waals surface area contributed by atoms with Crippen LogP contribution in [0.15, 0.2) is 17.9 Å². The molecule has 0 aromatic rings. The van der Waals surface area contributed by atoms with Gasteiger partial charge in [-0.25, -0.2) is 9.59 Å². The lowest BCUT2D eigenvalue weighted by Gasteiger charge is -2.35. The molecule has 0 fully saturated rings. The molecule has 10 nitrogen and oxygen atoms in total. The van der Waals surface area contributed by atoms with Gasteiger partial charge in [-0.1, -0.05) is 13.0 Å². The molecule has 1 aliphatic rings. The van der Waals surface area contributed by atoms with Gasteiger partial charge in [0.2, 0.25) is 11.6 Å². The zero-order chi connectivity index (χ0) is 22.9. The Hall–Kier alpha value is -3.14. The van der Waals surface area contributed by atoms with Crippen molar-refractivity contribution >= 4 is 35.1 Å². The molecule has 0 aromatic carbocycles. The van der Waals surface area contributed by atoms with Crippen LogP contribution in [-0.2, 0) is 38.2 Å². The summed E-state index contributed by atoms with van der Waals surface area (Å²) in [5.41, 5.74) is -2.23. The van der Waals surface area contributed by atoms with Crippen molar-refractivity contribution in [2.45, 2.75) is 33.6 Å². The average Bonchev–Trinajstić information content (AvgIpc) is 2.68. The quantitative estimate of drug-likeness (QED) is 0.252. The summed E-state index contributed by atoms with van der Waals surface area (Å²) < 4.78 is 9.12. The van der Waals surface area contributed by atoms with Gasteiger partial charge >= 0.3 is 11.9 Å². The van der Waals surface area contributed by atoms with Gasteiger partial charge in [-0.05, 0) is 26.5 Å². The van der Waals surface area contributed by atoms with E-state index in [0.717, 1.165) is 12.2 Å². The van der Waals surface area contributed by atoms with Crippen LogP contribution < -0.4 is 5.32 Å². The number of aliphatic hydroxyl groups excluding tert-OH is 1. The predicted octanol–water partition coefficient (Wildman–Crippen LogP) is 0.112. The number of aliphatic hydroxyl groups is 1. The third-order valence-corrected chi connectivity index (χ3v) is 4.02. The van der Waals surface area contributed by atoms with Gasteiger partial charge in [0.1, 0.15) is 11.2 Å². The fraction of sp³-hybridized carbons (Fsp3) is 0.450. The Morgan fingerprint density at radius 2 is 1.40 bits per heavy atom. The minimum Gasteiger partial charge on any atom is -0.508 e. The number of carbonyl (C=O) groups is 6. The van der Waals surface area contributed by atoms with Crippen LogP contribution in [-0.4, -0.2) is 59.9 Å². The lowest BCUT2D eigenvalue weighted by atomic mass is 9.68. The average molecular weight is 421 g/mol. The number of Topliss-reactive ketones (excluding diaryl/α,β-unsaturated/α-hetero) is 4. The highest BCUT2D eigenvalue weighted by Crippen LogP contribution is 2.39. The number of hydrogen-bond acceptors (Lipinski definition) is 10. The van der Waals surface area contributed by atoms with Crippen LogP contribution in [0.4, 0.5) is 0 Å². The second-order valence-electron chi connectivity index (χ2n) is 6.04. The molecule has 0 atom stereocenters. The summed E-state index contributed by atoms with van der Waals surface area (Å²) in [6.07, 6.45) is 2.42. The van der Waals surface area contributed by atoms with E-state index in [0.29, 0.717) is 0 Å². The molecule has 0 saturated heterocycles. The van der Waals surface area contributed by atoms with Gasteiger partial charge < -0.3 is 19.9 Å². The van der Waals surface area contributed by atoms with Crippen LogP contribution in [0.3, 0.4) is 0 Å². The fourth-order valence-corrected chi connectivity index (χ4v) is 2.67. The Morgan fingerprint density at radius 3 is 1.80 bits per heavy atom. The molecule has 1 rings (SSSR count). The Morgan fingerprint density at radius 1 is 0.933 bits per heavy atom. The molecule has 0 aliphatic heterocycles. The van der Waals surface area contributed by atoms with Crippen molar-refractivity contribution in [2.75, 3.05) is 19.8 Å². The van der Waals surface area contributed by atoms with Gasteiger partial charge in [0, 0.05) is 6.08 Å². The van der Waals surface area contributed by atoms with E-state index < -0.39 is 59.1 Å². The van der Waals surface area contributed by atoms with Crippen LogP contribution >= 0.6 is 0 Å². The monoisotopic (exact) mass is 421 g/mol. The molecule has 0 amide bonds. The summed E-state index contributed by atoms with van der Waals surface area (Å²) in [4.78, 5) is 73.3. The second kappa shape index (κ2) is 11.1. The molecule has 10 heteroatoms. The van der Waals surface area contributed by atoms with Gasteiger partial charge in [0.05, 0.1) is 32.1 Å². The molecule has 162 valence electrons. The van der Waals surface area contributed by atoms with E-state index in [4.69, 9.17) is 0 Å². The van der Waals surface area contributed by atoms with Crippen LogP contribution in [0.2, 0.25) is 0 Å². The van der Waals surface area contributed by atoms with E-state index >= 15 is 0 Å². The predicted molar refractivity (Wildman–Crippen MR) is 100 cm³/mol. The molecular formula is C20H23NO9. The highest BCUT2D eigenvalue weighted by molar-refractivity contribution is 6.41. The molecular weight excluding hydrogens is 398 g/mol. The smallest absolute Gasteiger partial charge is 0.375 e. The molecule has 0 unspecified atom stereocenters. The summed E-state index contributed by atoms with van der Waals surface area (Å²) >= 11 is 0. The molecule has 0 bridgehead atoms. The Kier molecular flexibility index (Phi) is 9.25. The van der Waals surface area contributed by atoms with Gasteiger partial charge in [-0.2, -0.15) is 0 Å². The number of likely N-dealkylation sites (N-methyl/N-ethyl adjacent to an activating group) is 1. The number of hydrogen-bond donors (Lipinski definition) is 2. The zero-order valence-corrected chi connectivity index (χ0v) is 16.9. The molecule has 30 heavy (non-hydrogen) atoms. The molecule has 0 aromatic heterocycles. The van der Waals surface area contributed by atoms with Crippen molar-refractivity contribution in [1.82, 2.24) is 5.32 Å². The highest BCUT2D eigenvalue weighted by Gasteiger charge is 2.52. The van der Waals surface area contributed by atoms with Crippen molar-refractivity contribution in [3.63, 3.8) is 0 Å². The first-order valence-electron chi connectivity index (χ1n) is 9.23. The lowest BCUT2D eigenvalue weighted by molar-refractivity contribution is -0.156. The van der Waals surface area contributed by atoms with Crippen LogP contribution in [0.5, 0.6) is 0 Å². The number of ether oxygens (including phenoxy) is 2. The number of nitrogens with one attached hydrogen (secondary N) is 1. The molecule has 0 heterocycles. The highest BCUT2D eigenvalue weighted by atomic mass is 16.5. The first kappa shape index (κ1) is 24.9. The maximum absolute atomic E-state index is 13.0. The van der Waals surface area contributed by atoms with E-state index in [-0.39, 0.29) is 25.8 Å². The summed E-state index contributed by atoms with van der Waals surface area (Å²) in [6.45, 7) is 4.61. The van der Waals surface area contributed by atoms with Crippen molar-refractivity contribution < 1.29 is 43.3 Å². The van der Waals surface area contributed by atoms with E-state index in [1.54, 1.807) is 6.92 Å². The Balaban J connectivity index is 3.30. The molecule has 0 spiro atoms. The van der Waals surface area contributed by atoms with Crippen molar-refractivity contribution in [2.24, 2.45) is 5.41 Å². The standard InChI is InChI=1S/C20H23NO9/c1-4-21-15-9-12(22)7-8-20(15,16(25)10-13(23)18(27)29-5-2)17(26)11-14(24)19(28)30-6-3/h7-8,21-22H,4-6,10-11H2,1-3H3. The lowest BCUT2D eigenvalue weighted by Crippen LogP contribution is -2.51. The number of allylic oxidation sites excluding steroid dienone is 1. The number of esters is 2. The summed E-state index contributed by atoms with van der Waals surface area (Å²) in [6, 6.07) is -0.215. The van der Waals surface area contributed by atoms with E-state index in [1.165, 1.54) is 13.8 Å². The number of ketones is 4. The molecule has 1 aliphatic carbocycles. The zero-order valence-electron chi connectivity index (χ0n) is 16.9. The van der Waals surface area contributed by atoms with Crippen molar-refractivity contribution in [1.29, 1.82) is 0 Å². The Labute approximate surface area is 173 Å². The molecule has 2 N–H and O–H groups in total. The third kappa shape index (κ3) is 5.69. The molecule has 2 radical (unpaired) electrons. The summed E-state index contributed by atoms with van der Waals surface area (Å²) in [5, 5.41) is 12.4. The SMILES string of the molecule is CCN[C]1[C]=C(O)C=CC1(C(=O)CC(=O)C(=O)OCC)C(=O)CC(=O)C(=O)OCC. The van der Waals surface area contributed by atoms with Gasteiger partial charge in [-0.15, -0.1) is 0 Å². The normalized spacial score (nSPS) is 15.1. The van der Waals surface area contributed by atoms with Crippen LogP contribution in [0, 0.1) is 17.5 Å². The Bertz CT molecular complexity index is 750. The second-order valence-corrected chi connectivity index (χ2v) is 6.04. The maximum atomic E-state index is 13.0. The summed E-state index contributed by atoms with van der Waals surface area (Å²) in [7, 11) is 0.